The molecule has 128 valence electrons. The Balaban J connectivity index is 1.44. The van der Waals surface area contributed by atoms with Gasteiger partial charge in [-0.25, -0.2) is 4.98 Å². The van der Waals surface area contributed by atoms with Crippen molar-refractivity contribution in [1.82, 2.24) is 9.97 Å². The summed E-state index contributed by atoms with van der Waals surface area (Å²) in [5, 5.41) is 2.88. The number of anilines is 1. The van der Waals surface area contributed by atoms with Crippen molar-refractivity contribution in [3.63, 3.8) is 0 Å². The van der Waals surface area contributed by atoms with Gasteiger partial charge in [0.1, 0.15) is 0 Å². The molecule has 1 amide bonds. The third-order valence-corrected chi connectivity index (χ3v) is 4.14. The molecular formula is C19H13N3O4. The second-order valence-electron chi connectivity index (χ2n) is 5.79. The van der Waals surface area contributed by atoms with Gasteiger partial charge in [0.15, 0.2) is 23.1 Å². The van der Waals surface area contributed by atoms with Crippen LogP contribution >= 0.6 is 0 Å². The molecule has 0 spiro atoms. The van der Waals surface area contributed by atoms with E-state index in [1.54, 1.807) is 36.6 Å². The molecular weight excluding hydrogens is 334 g/mol. The fourth-order valence-corrected chi connectivity index (χ4v) is 2.92. The molecule has 2 N–H and O–H groups in total. The molecule has 7 heteroatoms. The first-order valence-corrected chi connectivity index (χ1v) is 8.01. The molecule has 1 aliphatic rings. The highest BCUT2D eigenvalue weighted by molar-refractivity contribution is 6.07. The van der Waals surface area contributed by atoms with Crippen molar-refractivity contribution in [2.75, 3.05) is 12.1 Å². The van der Waals surface area contributed by atoms with Crippen LogP contribution in [0.4, 0.5) is 5.69 Å². The number of hydrogen-bond acceptors (Lipinski definition) is 5. The van der Waals surface area contributed by atoms with E-state index in [2.05, 4.69) is 15.3 Å². The monoisotopic (exact) mass is 347 g/mol. The van der Waals surface area contributed by atoms with Gasteiger partial charge >= 0.3 is 0 Å². The quantitative estimate of drug-likeness (QED) is 0.588. The average Bonchev–Trinajstić information content (AvgIpc) is 3.39. The van der Waals surface area contributed by atoms with E-state index in [4.69, 9.17) is 13.9 Å². The van der Waals surface area contributed by atoms with Gasteiger partial charge in [-0.05, 0) is 42.5 Å². The zero-order valence-corrected chi connectivity index (χ0v) is 13.5. The summed E-state index contributed by atoms with van der Waals surface area (Å²) in [5.74, 6) is 2.07. The maximum Gasteiger partial charge on any atom is 0.259 e. The number of imidazole rings is 1. The third-order valence-electron chi connectivity index (χ3n) is 4.14. The van der Waals surface area contributed by atoms with Crippen LogP contribution in [0.25, 0.3) is 22.6 Å². The van der Waals surface area contributed by atoms with Crippen molar-refractivity contribution >= 4 is 22.6 Å². The van der Waals surface area contributed by atoms with Crippen LogP contribution in [-0.2, 0) is 0 Å². The minimum Gasteiger partial charge on any atom is -0.461 e. The molecule has 5 rings (SSSR count). The van der Waals surface area contributed by atoms with Gasteiger partial charge in [0, 0.05) is 5.69 Å². The number of fused-ring (bicyclic) bond motifs is 2. The summed E-state index contributed by atoms with van der Waals surface area (Å²) in [5.41, 5.74) is 2.66. The van der Waals surface area contributed by atoms with E-state index >= 15 is 0 Å². The van der Waals surface area contributed by atoms with Gasteiger partial charge in [-0.3, -0.25) is 4.79 Å². The zero-order chi connectivity index (χ0) is 17.5. The number of furan rings is 1. The molecule has 0 bridgehead atoms. The number of amides is 1. The molecule has 0 atom stereocenters. The minimum absolute atomic E-state index is 0.120. The second kappa shape index (κ2) is 5.66. The van der Waals surface area contributed by atoms with Gasteiger partial charge in [-0.15, -0.1) is 0 Å². The third kappa shape index (κ3) is 2.37. The van der Waals surface area contributed by atoms with Crippen molar-refractivity contribution in [1.29, 1.82) is 0 Å². The number of para-hydroxylation sites is 1. The lowest BCUT2D eigenvalue weighted by atomic mass is 10.1. The van der Waals surface area contributed by atoms with Crippen LogP contribution in [0.2, 0.25) is 0 Å². The fourth-order valence-electron chi connectivity index (χ4n) is 2.92. The molecule has 0 saturated heterocycles. The van der Waals surface area contributed by atoms with Crippen molar-refractivity contribution in [2.24, 2.45) is 0 Å². The Kier molecular flexibility index (Phi) is 3.18. The van der Waals surface area contributed by atoms with Crippen molar-refractivity contribution in [2.45, 2.75) is 0 Å². The van der Waals surface area contributed by atoms with E-state index in [1.165, 1.54) is 0 Å². The van der Waals surface area contributed by atoms with Crippen molar-refractivity contribution < 1.29 is 18.7 Å². The predicted octanol–water partition coefficient (Wildman–Crippen LogP) is 3.80. The van der Waals surface area contributed by atoms with Crippen molar-refractivity contribution in [3.8, 4) is 23.1 Å². The molecule has 1 aliphatic heterocycles. The lowest BCUT2D eigenvalue weighted by molar-refractivity contribution is 0.102. The topological polar surface area (TPSA) is 89.4 Å². The standard InChI is InChI=1S/C19H13N3O4/c23-19(12-3-1-4-15-17(12)26-10-25-15)20-11-6-7-13-14(9-11)22-18(21-13)16-5-2-8-24-16/h1-9H,10H2,(H,20,23)(H,21,22). The molecule has 0 fully saturated rings. The number of nitrogens with zero attached hydrogens (tertiary/aromatic N) is 1. The largest absolute Gasteiger partial charge is 0.461 e. The van der Waals surface area contributed by atoms with Crippen LogP contribution in [0, 0.1) is 0 Å². The average molecular weight is 347 g/mol. The lowest BCUT2D eigenvalue weighted by Crippen LogP contribution is -2.12. The van der Waals surface area contributed by atoms with Crippen molar-refractivity contribution in [3.05, 3.63) is 60.4 Å². The normalized spacial score (nSPS) is 12.5. The number of aromatic nitrogens is 2. The number of H-pyrrole nitrogens is 1. The number of rotatable bonds is 3. The summed E-state index contributed by atoms with van der Waals surface area (Å²) >= 11 is 0. The minimum atomic E-state index is -0.266. The first-order chi connectivity index (χ1) is 12.8. The van der Waals surface area contributed by atoms with Crippen LogP contribution in [0.5, 0.6) is 11.5 Å². The van der Waals surface area contributed by atoms with Crippen LogP contribution < -0.4 is 14.8 Å². The molecule has 7 nitrogen and oxygen atoms in total. The molecule has 26 heavy (non-hydrogen) atoms. The van der Waals surface area contributed by atoms with Gasteiger partial charge in [0.25, 0.3) is 5.91 Å². The summed E-state index contributed by atoms with van der Waals surface area (Å²) in [6.45, 7) is 0.120. The highest BCUT2D eigenvalue weighted by atomic mass is 16.7. The summed E-state index contributed by atoms with van der Waals surface area (Å²) in [7, 11) is 0. The van der Waals surface area contributed by atoms with E-state index < -0.39 is 0 Å². The molecule has 4 aromatic rings. The summed E-state index contributed by atoms with van der Waals surface area (Å²) in [4.78, 5) is 20.3. The molecule has 0 aliphatic carbocycles. The number of nitrogens with one attached hydrogen (secondary N) is 2. The molecule has 2 aromatic heterocycles. The van der Waals surface area contributed by atoms with Gasteiger partial charge in [-0.1, -0.05) is 6.07 Å². The molecule has 0 unspecified atom stereocenters. The zero-order valence-electron chi connectivity index (χ0n) is 13.5. The Morgan fingerprint density at radius 2 is 2.08 bits per heavy atom. The van der Waals surface area contributed by atoms with E-state index in [9.17, 15) is 4.79 Å². The SMILES string of the molecule is O=C(Nc1ccc2nc(-c3ccco3)[nH]c2c1)c1cccc2c1OCO2. The molecule has 2 aromatic carbocycles. The Hall–Kier alpha value is -3.74. The highest BCUT2D eigenvalue weighted by Crippen LogP contribution is 2.35. The highest BCUT2D eigenvalue weighted by Gasteiger charge is 2.22. The van der Waals surface area contributed by atoms with Crippen LogP contribution in [0.3, 0.4) is 0 Å². The Labute approximate surface area is 147 Å². The van der Waals surface area contributed by atoms with Gasteiger partial charge in [0.05, 0.1) is 22.9 Å². The van der Waals surface area contributed by atoms with E-state index in [-0.39, 0.29) is 12.7 Å². The number of aromatic amines is 1. The van der Waals surface area contributed by atoms with E-state index in [1.807, 2.05) is 18.2 Å². The second-order valence-corrected chi connectivity index (χ2v) is 5.79. The number of hydrogen-bond donors (Lipinski definition) is 2. The fraction of sp³-hybridized carbons (Fsp3) is 0.0526. The number of ether oxygens (including phenoxy) is 2. The van der Waals surface area contributed by atoms with Gasteiger partial charge in [-0.2, -0.15) is 0 Å². The maximum atomic E-state index is 12.6. The molecule has 0 radical (unpaired) electrons. The summed E-state index contributed by atoms with van der Waals surface area (Å²) < 4.78 is 16.1. The molecule has 0 saturated carbocycles. The Morgan fingerprint density at radius 3 is 2.96 bits per heavy atom. The number of benzene rings is 2. The van der Waals surface area contributed by atoms with Crippen LogP contribution in [0.1, 0.15) is 10.4 Å². The summed E-state index contributed by atoms with van der Waals surface area (Å²) in [6.07, 6.45) is 1.60. The Morgan fingerprint density at radius 1 is 1.12 bits per heavy atom. The smallest absolute Gasteiger partial charge is 0.259 e. The van der Waals surface area contributed by atoms with Gasteiger partial charge < -0.3 is 24.2 Å². The number of carbonyl (C=O) groups is 1. The predicted molar refractivity (Wildman–Crippen MR) is 94.3 cm³/mol. The first-order valence-electron chi connectivity index (χ1n) is 8.01. The van der Waals surface area contributed by atoms with Gasteiger partial charge in [0.2, 0.25) is 6.79 Å². The van der Waals surface area contributed by atoms with E-state index in [0.717, 1.165) is 11.0 Å². The number of carbonyl (C=O) groups excluding carboxylic acids is 1. The Bertz CT molecular complexity index is 1120. The van der Waals surface area contributed by atoms with Crippen LogP contribution in [-0.4, -0.2) is 22.7 Å². The summed E-state index contributed by atoms with van der Waals surface area (Å²) in [6, 6.07) is 14.3. The molecule has 3 heterocycles. The maximum absolute atomic E-state index is 12.6. The lowest BCUT2D eigenvalue weighted by Gasteiger charge is -2.07. The van der Waals surface area contributed by atoms with Crippen LogP contribution in [0.15, 0.2) is 59.2 Å². The first kappa shape index (κ1) is 14.6. The van der Waals surface area contributed by atoms with E-state index in [0.29, 0.717) is 34.3 Å².